The van der Waals surface area contributed by atoms with Crippen LogP contribution >= 0.6 is 0 Å². The number of sulfonamides is 1. The quantitative estimate of drug-likeness (QED) is 0.714. The van der Waals surface area contributed by atoms with Gasteiger partial charge in [0.15, 0.2) is 0 Å². The Labute approximate surface area is 159 Å². The van der Waals surface area contributed by atoms with E-state index in [1.54, 1.807) is 31.4 Å². The van der Waals surface area contributed by atoms with E-state index in [-0.39, 0.29) is 23.5 Å². The van der Waals surface area contributed by atoms with Crippen molar-refractivity contribution < 1.29 is 23.1 Å². The zero-order valence-corrected chi connectivity index (χ0v) is 16.2. The van der Waals surface area contributed by atoms with Crippen LogP contribution in [0.25, 0.3) is 10.8 Å². The Kier molecular flexibility index (Phi) is 5.69. The first-order valence-corrected chi connectivity index (χ1v) is 10.4. The molecule has 0 amide bonds. The number of ether oxygens (including phenoxy) is 1. The first kappa shape index (κ1) is 19.6. The molecule has 0 radical (unpaired) electrons. The van der Waals surface area contributed by atoms with Crippen molar-refractivity contribution in [3.8, 4) is 5.75 Å². The van der Waals surface area contributed by atoms with Gasteiger partial charge >= 0.3 is 5.97 Å². The summed E-state index contributed by atoms with van der Waals surface area (Å²) >= 11 is 0. The van der Waals surface area contributed by atoms with Crippen molar-refractivity contribution in [2.75, 3.05) is 20.2 Å². The predicted octanol–water partition coefficient (Wildman–Crippen LogP) is 2.06. The summed E-state index contributed by atoms with van der Waals surface area (Å²) in [5, 5.41) is 10.3. The monoisotopic (exact) mass is 392 g/mol. The number of fused-ring (bicyclic) bond motifs is 1. The Morgan fingerprint density at radius 3 is 2.48 bits per heavy atom. The molecule has 3 rings (SSSR count). The van der Waals surface area contributed by atoms with E-state index in [1.165, 1.54) is 0 Å². The van der Waals surface area contributed by atoms with E-state index in [9.17, 15) is 13.2 Å². The Morgan fingerprint density at radius 2 is 1.89 bits per heavy atom. The van der Waals surface area contributed by atoms with Crippen LogP contribution in [0.5, 0.6) is 5.75 Å². The van der Waals surface area contributed by atoms with Gasteiger partial charge in [0.05, 0.1) is 18.6 Å². The Hall–Kier alpha value is -2.16. The molecule has 7 nitrogen and oxygen atoms in total. The Balaban J connectivity index is 1.76. The van der Waals surface area contributed by atoms with Gasteiger partial charge in [-0.05, 0) is 31.5 Å². The first-order valence-electron chi connectivity index (χ1n) is 8.89. The van der Waals surface area contributed by atoms with Crippen LogP contribution in [0.1, 0.15) is 19.8 Å². The summed E-state index contributed by atoms with van der Waals surface area (Å²) in [5.74, 6) is -0.244. The fourth-order valence-electron chi connectivity index (χ4n) is 3.59. The van der Waals surface area contributed by atoms with Crippen molar-refractivity contribution in [3.05, 3.63) is 36.4 Å². The molecule has 1 aliphatic rings. The van der Waals surface area contributed by atoms with Crippen molar-refractivity contribution >= 4 is 26.8 Å². The van der Waals surface area contributed by atoms with Crippen LogP contribution in [0, 0.1) is 0 Å². The summed E-state index contributed by atoms with van der Waals surface area (Å²) in [5.41, 5.74) is 0. The summed E-state index contributed by atoms with van der Waals surface area (Å²) < 4.78 is 33.9. The molecule has 0 unspecified atom stereocenters. The largest absolute Gasteiger partial charge is 0.496 e. The fraction of sp³-hybridized carbons (Fsp3) is 0.421. The van der Waals surface area contributed by atoms with Gasteiger partial charge in [0.1, 0.15) is 5.75 Å². The molecule has 1 aliphatic carbocycles. The van der Waals surface area contributed by atoms with E-state index in [4.69, 9.17) is 9.84 Å². The number of aliphatic carboxylic acids is 1. The van der Waals surface area contributed by atoms with Crippen LogP contribution in [0.3, 0.4) is 0 Å². The molecule has 2 aromatic carbocycles. The minimum atomic E-state index is -3.69. The predicted molar refractivity (Wildman–Crippen MR) is 103 cm³/mol. The van der Waals surface area contributed by atoms with Gasteiger partial charge in [-0.1, -0.05) is 31.2 Å². The lowest BCUT2D eigenvalue weighted by molar-refractivity contribution is -0.139. The molecule has 8 heteroatoms. The van der Waals surface area contributed by atoms with E-state index in [2.05, 4.69) is 4.72 Å². The third kappa shape index (κ3) is 4.07. The van der Waals surface area contributed by atoms with Gasteiger partial charge in [-0.2, -0.15) is 0 Å². The van der Waals surface area contributed by atoms with Crippen molar-refractivity contribution in [1.29, 1.82) is 0 Å². The molecule has 1 fully saturated rings. The van der Waals surface area contributed by atoms with E-state index in [0.717, 1.165) is 5.39 Å². The molecule has 0 saturated heterocycles. The number of nitrogens with one attached hydrogen (secondary N) is 1. The lowest BCUT2D eigenvalue weighted by atomic mass is 9.86. The number of carbonyl (C=O) groups is 1. The number of nitrogens with zero attached hydrogens (tertiary/aromatic N) is 1. The summed E-state index contributed by atoms with van der Waals surface area (Å²) in [7, 11) is -2.14. The second kappa shape index (κ2) is 7.84. The highest BCUT2D eigenvalue weighted by Gasteiger charge is 2.36. The van der Waals surface area contributed by atoms with Crippen molar-refractivity contribution in [2.24, 2.45) is 0 Å². The van der Waals surface area contributed by atoms with Gasteiger partial charge < -0.3 is 9.84 Å². The summed E-state index contributed by atoms with van der Waals surface area (Å²) in [6, 6.07) is 10.3. The van der Waals surface area contributed by atoms with E-state index < -0.39 is 16.0 Å². The van der Waals surface area contributed by atoms with Gasteiger partial charge in [-0.3, -0.25) is 9.69 Å². The lowest BCUT2D eigenvalue weighted by Gasteiger charge is -2.42. The standard InChI is InChI=1S/C19H24N2O5S/c1-3-21(12-19(22)23)14-10-13(11-14)20-27(24,25)18-9-8-17(26-2)15-6-4-5-7-16(15)18/h4-9,13-14,20H,3,10-12H2,1-2H3,(H,22,23). The number of likely N-dealkylation sites (N-methyl/N-ethyl adjacent to an activating group) is 1. The molecule has 0 atom stereocenters. The number of carboxylic acids is 1. The number of hydrogen-bond donors (Lipinski definition) is 2. The molecule has 1 saturated carbocycles. The van der Waals surface area contributed by atoms with Crippen molar-refractivity contribution in [2.45, 2.75) is 36.7 Å². The van der Waals surface area contributed by atoms with Gasteiger partial charge in [0, 0.05) is 22.9 Å². The zero-order chi connectivity index (χ0) is 19.6. The maximum Gasteiger partial charge on any atom is 0.317 e. The number of benzene rings is 2. The molecule has 2 aromatic rings. The molecule has 0 heterocycles. The van der Waals surface area contributed by atoms with Gasteiger partial charge in [0.25, 0.3) is 0 Å². The topological polar surface area (TPSA) is 95.9 Å². The molecule has 2 N–H and O–H groups in total. The number of methoxy groups -OCH3 is 1. The number of rotatable bonds is 8. The average Bonchev–Trinajstić information content (AvgIpc) is 2.61. The molecule has 0 bridgehead atoms. The minimum absolute atomic E-state index is 0.0241. The summed E-state index contributed by atoms with van der Waals surface area (Å²) in [6.07, 6.45) is 1.21. The van der Waals surface area contributed by atoms with Crippen LogP contribution in [0.15, 0.2) is 41.3 Å². The van der Waals surface area contributed by atoms with Crippen LogP contribution < -0.4 is 9.46 Å². The van der Waals surface area contributed by atoms with E-state index in [1.807, 2.05) is 24.0 Å². The minimum Gasteiger partial charge on any atom is -0.496 e. The number of hydrogen-bond acceptors (Lipinski definition) is 5. The van der Waals surface area contributed by atoms with Gasteiger partial charge in [0.2, 0.25) is 10.0 Å². The van der Waals surface area contributed by atoms with Crippen LogP contribution in [0.4, 0.5) is 0 Å². The smallest absolute Gasteiger partial charge is 0.317 e. The molecule has 0 aromatic heterocycles. The Morgan fingerprint density at radius 1 is 1.22 bits per heavy atom. The molecular formula is C19H24N2O5S. The number of carboxylic acid groups (broad SMARTS) is 1. The zero-order valence-electron chi connectivity index (χ0n) is 15.4. The van der Waals surface area contributed by atoms with Gasteiger partial charge in [-0.15, -0.1) is 0 Å². The average molecular weight is 392 g/mol. The maximum absolute atomic E-state index is 12.9. The van der Waals surface area contributed by atoms with Gasteiger partial charge in [-0.25, -0.2) is 13.1 Å². The van der Waals surface area contributed by atoms with Crippen molar-refractivity contribution in [1.82, 2.24) is 9.62 Å². The summed E-state index contributed by atoms with van der Waals surface area (Å²) in [6.45, 7) is 2.51. The lowest BCUT2D eigenvalue weighted by Crippen LogP contribution is -2.54. The SMILES string of the molecule is CCN(CC(=O)O)C1CC(NS(=O)(=O)c2ccc(OC)c3ccccc23)C1. The molecule has 146 valence electrons. The fourth-order valence-corrected chi connectivity index (χ4v) is 5.07. The molecule has 27 heavy (non-hydrogen) atoms. The highest BCUT2D eigenvalue weighted by molar-refractivity contribution is 7.89. The molecule has 0 aliphatic heterocycles. The van der Waals surface area contributed by atoms with E-state index in [0.29, 0.717) is 30.5 Å². The highest BCUT2D eigenvalue weighted by Crippen LogP contribution is 2.32. The highest BCUT2D eigenvalue weighted by atomic mass is 32.2. The van der Waals surface area contributed by atoms with Crippen molar-refractivity contribution in [3.63, 3.8) is 0 Å². The van der Waals surface area contributed by atoms with Crippen LogP contribution in [-0.4, -0.2) is 56.7 Å². The van der Waals surface area contributed by atoms with Crippen LogP contribution in [-0.2, 0) is 14.8 Å². The second-order valence-electron chi connectivity index (χ2n) is 6.71. The summed E-state index contributed by atoms with van der Waals surface area (Å²) in [4.78, 5) is 13.0. The molecular weight excluding hydrogens is 368 g/mol. The third-order valence-electron chi connectivity index (χ3n) is 5.05. The van der Waals surface area contributed by atoms with Crippen LogP contribution in [0.2, 0.25) is 0 Å². The first-order chi connectivity index (χ1) is 12.9. The third-order valence-corrected chi connectivity index (χ3v) is 6.63. The second-order valence-corrected chi connectivity index (χ2v) is 8.39. The Bertz CT molecular complexity index is 938. The van der Waals surface area contributed by atoms with E-state index >= 15 is 0 Å². The normalized spacial score (nSPS) is 19.8. The maximum atomic E-state index is 12.9. The molecule has 0 spiro atoms.